The number of carboxylic acids is 1. The van der Waals surface area contributed by atoms with Crippen LogP contribution >= 0.6 is 23.2 Å². The van der Waals surface area contributed by atoms with Crippen LogP contribution in [0.3, 0.4) is 0 Å². The van der Waals surface area contributed by atoms with Crippen molar-refractivity contribution in [2.45, 2.75) is 38.4 Å². The number of halogens is 3. The van der Waals surface area contributed by atoms with Crippen LogP contribution in [0, 0.1) is 5.82 Å². The molecule has 1 aliphatic rings. The summed E-state index contributed by atoms with van der Waals surface area (Å²) in [5.41, 5.74) is 2.06. The molecule has 0 fully saturated rings. The number of carbonyl (C=O) groups excluding carboxylic acids is 3. The van der Waals surface area contributed by atoms with Gasteiger partial charge in [0.15, 0.2) is 0 Å². The second kappa shape index (κ2) is 13.1. The molecule has 0 aliphatic carbocycles. The van der Waals surface area contributed by atoms with Gasteiger partial charge in [0.2, 0.25) is 5.91 Å². The van der Waals surface area contributed by atoms with Crippen molar-refractivity contribution < 1.29 is 28.7 Å². The Bertz CT molecular complexity index is 1480. The van der Waals surface area contributed by atoms with Gasteiger partial charge in [0, 0.05) is 38.7 Å². The maximum Gasteiger partial charge on any atom is 0.326 e. The molecule has 3 aromatic rings. The zero-order valence-corrected chi connectivity index (χ0v) is 23.7. The molecule has 1 atom stereocenters. The lowest BCUT2D eigenvalue weighted by Gasteiger charge is -2.30. The Hall–Kier alpha value is -3.95. The Labute approximate surface area is 246 Å². The number of amides is 3. The average Bonchev–Trinajstić information content (AvgIpc) is 2.93. The second-order valence-electron chi connectivity index (χ2n) is 9.82. The van der Waals surface area contributed by atoms with Gasteiger partial charge in [0.1, 0.15) is 11.9 Å². The maximum atomic E-state index is 13.6. The Kier molecular flexibility index (Phi) is 9.62. The zero-order chi connectivity index (χ0) is 29.7. The molecule has 0 saturated heterocycles. The van der Waals surface area contributed by atoms with Crippen LogP contribution in [-0.4, -0.2) is 58.2 Å². The second-order valence-corrected chi connectivity index (χ2v) is 10.6. The number of nitrogens with zero attached hydrogens (tertiary/aromatic N) is 2. The first-order valence-corrected chi connectivity index (χ1v) is 13.7. The summed E-state index contributed by atoms with van der Waals surface area (Å²) in [6.07, 6.45) is 0.0614. The molecule has 8 nitrogen and oxygen atoms in total. The highest BCUT2D eigenvalue weighted by atomic mass is 35.5. The molecule has 0 unspecified atom stereocenters. The minimum atomic E-state index is -1.37. The van der Waals surface area contributed by atoms with Gasteiger partial charge in [-0.05, 0) is 47.7 Å². The molecule has 3 aromatic carbocycles. The van der Waals surface area contributed by atoms with Crippen LogP contribution in [0.4, 0.5) is 4.39 Å². The standard InChI is InChI=1S/C30H28Cl2FN3O5/c1-35(16-18-6-3-2-4-7-18)25(37)11-10-24(30(40)41)34-28(38)26-23(31)15-22-21(27(26)32)12-13-36(29(22)39)17-19-8-5-9-20(33)14-19/h2-9,14-15,24H,10-13,16-17H2,1H3,(H,34,38)(H,40,41)/t24-/m0/s1. The van der Waals surface area contributed by atoms with Crippen LogP contribution in [0.5, 0.6) is 0 Å². The fourth-order valence-electron chi connectivity index (χ4n) is 4.72. The number of benzene rings is 3. The van der Waals surface area contributed by atoms with Gasteiger partial charge in [0.05, 0.1) is 15.6 Å². The summed E-state index contributed by atoms with van der Waals surface area (Å²) in [6, 6.07) is 15.3. The molecule has 214 valence electrons. The highest BCUT2D eigenvalue weighted by molar-refractivity contribution is 6.41. The SMILES string of the molecule is CN(Cc1ccccc1)C(=O)CC[C@H](NC(=O)c1c(Cl)cc2c(c1Cl)CCN(Cc1cccc(F)c1)C2=O)C(=O)O. The van der Waals surface area contributed by atoms with Gasteiger partial charge < -0.3 is 20.2 Å². The van der Waals surface area contributed by atoms with E-state index in [0.29, 0.717) is 24.1 Å². The van der Waals surface area contributed by atoms with Crippen molar-refractivity contribution in [3.8, 4) is 0 Å². The molecule has 1 heterocycles. The van der Waals surface area contributed by atoms with E-state index >= 15 is 0 Å². The summed E-state index contributed by atoms with van der Waals surface area (Å²) in [7, 11) is 1.62. The third kappa shape index (κ3) is 7.23. The average molecular weight is 600 g/mol. The van der Waals surface area contributed by atoms with Gasteiger partial charge in [0.25, 0.3) is 11.8 Å². The Morgan fingerprint density at radius 1 is 1.07 bits per heavy atom. The van der Waals surface area contributed by atoms with Gasteiger partial charge in [-0.2, -0.15) is 0 Å². The smallest absolute Gasteiger partial charge is 0.326 e. The van der Waals surface area contributed by atoms with Gasteiger partial charge in [-0.25, -0.2) is 9.18 Å². The van der Waals surface area contributed by atoms with Crippen LogP contribution in [0.2, 0.25) is 10.0 Å². The number of hydrogen-bond donors (Lipinski definition) is 2. The van der Waals surface area contributed by atoms with Crippen molar-refractivity contribution in [1.29, 1.82) is 0 Å². The van der Waals surface area contributed by atoms with Crippen molar-refractivity contribution >= 4 is 46.9 Å². The molecule has 0 bridgehead atoms. The molecule has 3 amide bonds. The first-order chi connectivity index (χ1) is 19.5. The lowest BCUT2D eigenvalue weighted by molar-refractivity contribution is -0.139. The fourth-order valence-corrected chi connectivity index (χ4v) is 5.44. The third-order valence-electron chi connectivity index (χ3n) is 6.90. The van der Waals surface area contributed by atoms with Crippen LogP contribution < -0.4 is 5.32 Å². The Balaban J connectivity index is 1.44. The van der Waals surface area contributed by atoms with E-state index in [2.05, 4.69) is 5.32 Å². The van der Waals surface area contributed by atoms with Crippen molar-refractivity contribution in [3.05, 3.63) is 104 Å². The molecule has 0 aromatic heterocycles. The summed E-state index contributed by atoms with van der Waals surface area (Å²) < 4.78 is 13.6. The lowest BCUT2D eigenvalue weighted by atomic mass is 9.95. The fraction of sp³-hybridized carbons (Fsp3) is 0.267. The van der Waals surface area contributed by atoms with Crippen LogP contribution in [0.1, 0.15) is 50.2 Å². The zero-order valence-electron chi connectivity index (χ0n) is 22.2. The highest BCUT2D eigenvalue weighted by Crippen LogP contribution is 2.35. The van der Waals surface area contributed by atoms with E-state index in [0.717, 1.165) is 5.56 Å². The summed E-state index contributed by atoms with van der Waals surface area (Å²) in [6.45, 7) is 0.830. The van der Waals surface area contributed by atoms with Gasteiger partial charge in [-0.1, -0.05) is 65.7 Å². The predicted octanol–water partition coefficient (Wildman–Crippen LogP) is 4.95. The topological polar surface area (TPSA) is 107 Å². The number of fused-ring (bicyclic) bond motifs is 1. The molecule has 0 spiro atoms. The van der Waals surface area contributed by atoms with E-state index in [-0.39, 0.29) is 58.9 Å². The van der Waals surface area contributed by atoms with E-state index in [4.69, 9.17) is 23.2 Å². The van der Waals surface area contributed by atoms with Crippen molar-refractivity contribution in [2.24, 2.45) is 0 Å². The van der Waals surface area contributed by atoms with Gasteiger partial charge in [-0.15, -0.1) is 0 Å². The number of rotatable bonds is 10. The van der Waals surface area contributed by atoms with Crippen molar-refractivity contribution in [1.82, 2.24) is 15.1 Å². The summed E-state index contributed by atoms with van der Waals surface area (Å²) in [5.74, 6) is -3.19. The molecule has 2 N–H and O–H groups in total. The highest BCUT2D eigenvalue weighted by Gasteiger charge is 2.32. The van der Waals surface area contributed by atoms with Gasteiger partial charge >= 0.3 is 5.97 Å². The largest absolute Gasteiger partial charge is 0.480 e. The molecular formula is C30H28Cl2FN3O5. The molecule has 1 aliphatic heterocycles. The minimum Gasteiger partial charge on any atom is -0.480 e. The van der Waals surface area contributed by atoms with E-state index in [9.17, 15) is 28.7 Å². The number of carboxylic acid groups (broad SMARTS) is 1. The molecule has 11 heteroatoms. The molecule has 0 saturated carbocycles. The minimum absolute atomic E-state index is 0.0356. The quantitative estimate of drug-likeness (QED) is 0.343. The Morgan fingerprint density at radius 3 is 2.46 bits per heavy atom. The van der Waals surface area contributed by atoms with E-state index in [1.54, 1.807) is 19.2 Å². The summed E-state index contributed by atoms with van der Waals surface area (Å²) in [4.78, 5) is 53.9. The third-order valence-corrected chi connectivity index (χ3v) is 7.61. The van der Waals surface area contributed by atoms with Crippen LogP contribution in [0.25, 0.3) is 0 Å². The summed E-state index contributed by atoms with van der Waals surface area (Å²) in [5, 5.41) is 12.0. The maximum absolute atomic E-state index is 13.6. The number of aliphatic carboxylic acids is 1. The lowest BCUT2D eigenvalue weighted by Crippen LogP contribution is -2.42. The molecular weight excluding hydrogens is 572 g/mol. The molecule has 41 heavy (non-hydrogen) atoms. The molecule has 4 rings (SSSR count). The van der Waals surface area contributed by atoms with E-state index in [1.165, 1.54) is 28.0 Å². The first kappa shape index (κ1) is 30.0. The number of hydrogen-bond acceptors (Lipinski definition) is 4. The monoisotopic (exact) mass is 599 g/mol. The number of nitrogens with one attached hydrogen (secondary N) is 1. The Morgan fingerprint density at radius 2 is 1.78 bits per heavy atom. The van der Waals surface area contributed by atoms with Crippen LogP contribution in [-0.2, 0) is 29.1 Å². The van der Waals surface area contributed by atoms with Crippen molar-refractivity contribution in [2.75, 3.05) is 13.6 Å². The van der Waals surface area contributed by atoms with Crippen molar-refractivity contribution in [3.63, 3.8) is 0 Å². The molecule has 0 radical (unpaired) electrons. The van der Waals surface area contributed by atoms with Gasteiger partial charge in [-0.3, -0.25) is 14.4 Å². The van der Waals surface area contributed by atoms with E-state index in [1.807, 2.05) is 30.3 Å². The predicted molar refractivity (Wildman–Crippen MR) is 152 cm³/mol. The first-order valence-electron chi connectivity index (χ1n) is 12.9. The van der Waals surface area contributed by atoms with E-state index < -0.39 is 23.7 Å². The number of carbonyl (C=O) groups is 4. The summed E-state index contributed by atoms with van der Waals surface area (Å²) >= 11 is 12.9. The normalized spacial score (nSPS) is 13.4. The van der Waals surface area contributed by atoms with Crippen LogP contribution in [0.15, 0.2) is 60.7 Å².